The predicted molar refractivity (Wildman–Crippen MR) is 52.0 cm³/mol. The van der Waals surface area contributed by atoms with Crippen LogP contribution in [0.3, 0.4) is 0 Å². The Balaban J connectivity index is 2.57. The Hall–Kier alpha value is -0.240. The van der Waals surface area contributed by atoms with Gasteiger partial charge in [-0.2, -0.15) is 0 Å². The Morgan fingerprint density at radius 2 is 2.20 bits per heavy atom. The van der Waals surface area contributed by atoms with E-state index in [1.54, 1.807) is 0 Å². The number of ether oxygens (including phenoxy) is 2. The highest BCUT2D eigenvalue weighted by Crippen LogP contribution is 2.19. The lowest BCUT2D eigenvalue weighted by molar-refractivity contribution is -0.222. The van der Waals surface area contributed by atoms with Crippen LogP contribution in [0.4, 0.5) is 0 Å². The van der Waals surface area contributed by atoms with Crippen molar-refractivity contribution < 1.29 is 24.8 Å². The molecule has 1 aliphatic heterocycles. The van der Waals surface area contributed by atoms with E-state index in [0.717, 1.165) is 0 Å². The zero-order chi connectivity index (χ0) is 11.4. The Kier molecular flexibility index (Phi) is 4.91. The average Bonchev–Trinajstić information content (AvgIpc) is 2.24. The van der Waals surface area contributed by atoms with Crippen molar-refractivity contribution in [1.82, 2.24) is 0 Å². The van der Waals surface area contributed by atoms with Crippen LogP contribution in [0.25, 0.3) is 0 Å². The largest absolute Gasteiger partial charge is 0.394 e. The topological polar surface area (TPSA) is 105 Å². The highest BCUT2D eigenvalue weighted by atomic mass is 16.6. The van der Waals surface area contributed by atoms with E-state index in [0.29, 0.717) is 6.42 Å². The summed E-state index contributed by atoms with van der Waals surface area (Å²) in [7, 11) is 0. The maximum atomic E-state index is 9.72. The second-order valence-electron chi connectivity index (χ2n) is 3.66. The van der Waals surface area contributed by atoms with Crippen molar-refractivity contribution in [2.24, 2.45) is 5.73 Å². The molecule has 15 heavy (non-hydrogen) atoms. The minimum Gasteiger partial charge on any atom is -0.394 e. The minimum atomic E-state index is -1.06. The van der Waals surface area contributed by atoms with Crippen molar-refractivity contribution in [3.8, 4) is 0 Å². The van der Waals surface area contributed by atoms with Crippen LogP contribution in [-0.2, 0) is 9.47 Å². The molecule has 1 fully saturated rings. The van der Waals surface area contributed by atoms with Crippen LogP contribution < -0.4 is 5.73 Å². The summed E-state index contributed by atoms with van der Waals surface area (Å²) in [6.07, 6.45) is -3.44. The van der Waals surface area contributed by atoms with Gasteiger partial charge in [-0.1, -0.05) is 6.92 Å². The summed E-state index contributed by atoms with van der Waals surface area (Å²) in [6, 6.07) is 0. The minimum absolute atomic E-state index is 0.0311. The molecule has 0 aliphatic carbocycles. The summed E-state index contributed by atoms with van der Waals surface area (Å²) in [4.78, 5) is 0. The van der Waals surface area contributed by atoms with Gasteiger partial charge in [-0.3, -0.25) is 0 Å². The van der Waals surface area contributed by atoms with Gasteiger partial charge >= 0.3 is 0 Å². The monoisotopic (exact) mass is 221 g/mol. The molecule has 5 N–H and O–H groups in total. The van der Waals surface area contributed by atoms with E-state index >= 15 is 0 Å². The van der Waals surface area contributed by atoms with Gasteiger partial charge in [-0.25, -0.2) is 0 Å². The van der Waals surface area contributed by atoms with Gasteiger partial charge in [0.15, 0.2) is 0 Å². The molecule has 0 radical (unpaired) electrons. The molecule has 90 valence electrons. The molecule has 6 nitrogen and oxygen atoms in total. The first-order chi connectivity index (χ1) is 7.10. The number of hydrogen-bond acceptors (Lipinski definition) is 6. The molecule has 6 heteroatoms. The highest BCUT2D eigenvalue weighted by Gasteiger charge is 2.39. The SMILES string of the molecule is CCC(N)OC1C(O)COC(CO)C1O. The molecule has 0 bridgehead atoms. The van der Waals surface area contributed by atoms with Crippen LogP contribution >= 0.6 is 0 Å². The van der Waals surface area contributed by atoms with Crippen molar-refractivity contribution in [3.05, 3.63) is 0 Å². The van der Waals surface area contributed by atoms with Gasteiger partial charge in [-0.05, 0) is 6.42 Å². The van der Waals surface area contributed by atoms with E-state index in [-0.39, 0.29) is 13.2 Å². The molecule has 1 heterocycles. The molecule has 5 unspecified atom stereocenters. The normalized spacial score (nSPS) is 39.0. The third-order valence-electron chi connectivity index (χ3n) is 2.49. The fraction of sp³-hybridized carbons (Fsp3) is 1.00. The summed E-state index contributed by atoms with van der Waals surface area (Å²) >= 11 is 0. The third-order valence-corrected chi connectivity index (χ3v) is 2.49. The van der Waals surface area contributed by atoms with E-state index in [4.69, 9.17) is 20.3 Å². The molecule has 0 aromatic heterocycles. The molecule has 5 atom stereocenters. The van der Waals surface area contributed by atoms with Crippen molar-refractivity contribution in [3.63, 3.8) is 0 Å². The lowest BCUT2D eigenvalue weighted by Crippen LogP contribution is -2.56. The van der Waals surface area contributed by atoms with Crippen LogP contribution in [0, 0.1) is 0 Å². The van der Waals surface area contributed by atoms with E-state index in [1.807, 2.05) is 6.92 Å². The lowest BCUT2D eigenvalue weighted by Gasteiger charge is -2.38. The smallest absolute Gasteiger partial charge is 0.116 e. The molecule has 0 saturated carbocycles. The van der Waals surface area contributed by atoms with Gasteiger partial charge in [0.2, 0.25) is 0 Å². The maximum absolute atomic E-state index is 9.72. The van der Waals surface area contributed by atoms with E-state index < -0.39 is 30.6 Å². The zero-order valence-electron chi connectivity index (χ0n) is 8.74. The second kappa shape index (κ2) is 5.74. The van der Waals surface area contributed by atoms with Crippen molar-refractivity contribution in [1.29, 1.82) is 0 Å². The van der Waals surface area contributed by atoms with E-state index in [1.165, 1.54) is 0 Å². The van der Waals surface area contributed by atoms with Crippen LogP contribution in [0.2, 0.25) is 0 Å². The van der Waals surface area contributed by atoms with Gasteiger partial charge in [0, 0.05) is 0 Å². The van der Waals surface area contributed by atoms with Crippen molar-refractivity contribution in [2.45, 2.75) is 44.0 Å². The maximum Gasteiger partial charge on any atom is 0.116 e. The van der Waals surface area contributed by atoms with Crippen LogP contribution in [0.15, 0.2) is 0 Å². The Labute approximate surface area is 88.6 Å². The number of aliphatic hydroxyl groups excluding tert-OH is 3. The Morgan fingerprint density at radius 3 is 2.73 bits per heavy atom. The highest BCUT2D eigenvalue weighted by molar-refractivity contribution is 4.88. The van der Waals surface area contributed by atoms with Gasteiger partial charge < -0.3 is 30.5 Å². The summed E-state index contributed by atoms with van der Waals surface area (Å²) < 4.78 is 10.3. The predicted octanol–water partition coefficient (Wildman–Crippen LogP) is -1.82. The summed E-state index contributed by atoms with van der Waals surface area (Å²) in [5.74, 6) is 0. The number of hydrogen-bond donors (Lipinski definition) is 4. The summed E-state index contributed by atoms with van der Waals surface area (Å²) in [6.45, 7) is 1.56. The first-order valence-corrected chi connectivity index (χ1v) is 5.09. The van der Waals surface area contributed by atoms with E-state index in [2.05, 4.69) is 0 Å². The van der Waals surface area contributed by atoms with Crippen LogP contribution in [0.5, 0.6) is 0 Å². The molecule has 1 rings (SSSR count). The van der Waals surface area contributed by atoms with Gasteiger partial charge in [0.05, 0.1) is 13.2 Å². The van der Waals surface area contributed by atoms with Gasteiger partial charge in [0.25, 0.3) is 0 Å². The van der Waals surface area contributed by atoms with Crippen molar-refractivity contribution >= 4 is 0 Å². The van der Waals surface area contributed by atoms with E-state index in [9.17, 15) is 10.2 Å². The average molecular weight is 221 g/mol. The summed E-state index contributed by atoms with van der Waals surface area (Å²) in [5.41, 5.74) is 5.57. The zero-order valence-corrected chi connectivity index (χ0v) is 8.74. The van der Waals surface area contributed by atoms with Crippen molar-refractivity contribution in [2.75, 3.05) is 13.2 Å². The first kappa shape index (κ1) is 12.8. The molecular weight excluding hydrogens is 202 g/mol. The Morgan fingerprint density at radius 1 is 1.53 bits per heavy atom. The second-order valence-corrected chi connectivity index (χ2v) is 3.66. The third kappa shape index (κ3) is 3.10. The van der Waals surface area contributed by atoms with Crippen LogP contribution in [0.1, 0.15) is 13.3 Å². The molecule has 0 amide bonds. The number of aliphatic hydroxyl groups is 3. The number of rotatable bonds is 4. The number of nitrogens with two attached hydrogens (primary N) is 1. The van der Waals surface area contributed by atoms with Gasteiger partial charge in [-0.15, -0.1) is 0 Å². The van der Waals surface area contributed by atoms with Crippen LogP contribution in [-0.4, -0.2) is 59.2 Å². The Bertz CT molecular complexity index is 191. The molecule has 0 spiro atoms. The fourth-order valence-electron chi connectivity index (χ4n) is 1.48. The molecule has 0 aromatic rings. The molecule has 1 aliphatic rings. The first-order valence-electron chi connectivity index (χ1n) is 5.09. The lowest BCUT2D eigenvalue weighted by atomic mass is 10.0. The molecule has 0 aromatic carbocycles. The molecule has 1 saturated heterocycles. The fourth-order valence-corrected chi connectivity index (χ4v) is 1.48. The van der Waals surface area contributed by atoms with Gasteiger partial charge in [0.1, 0.15) is 30.6 Å². The summed E-state index contributed by atoms with van der Waals surface area (Å²) in [5, 5.41) is 28.2. The molecular formula is C9H19NO5. The standard InChI is InChI=1S/C9H19NO5/c1-2-7(10)15-9-5(12)4-14-6(3-11)8(9)13/h5-9,11-13H,2-4,10H2,1H3. The quantitative estimate of drug-likeness (QED) is 0.417.